The number of nitrogen functional groups attached to an aromatic ring is 1. The van der Waals surface area contributed by atoms with E-state index in [1.165, 1.54) is 18.7 Å². The van der Waals surface area contributed by atoms with E-state index < -0.39 is 54.3 Å². The normalized spacial score (nSPS) is 11.0. The van der Waals surface area contributed by atoms with E-state index in [0.717, 1.165) is 5.56 Å². The van der Waals surface area contributed by atoms with Gasteiger partial charge in [-0.2, -0.15) is 10.5 Å². The quantitative estimate of drug-likeness (QED) is 0.0369. The van der Waals surface area contributed by atoms with Gasteiger partial charge in [-0.1, -0.05) is 49.3 Å². The second-order valence-electron chi connectivity index (χ2n) is 13.0. The Hall–Kier alpha value is -7.20. The molecule has 22 heteroatoms. The standard InChI is InChI=1S/C24H16ClN5O2S.C17H27N3O10.C2H6/c1-31-18-8-4-14(5-9-18)21-19(10-26)22(28)30-24(20(21)11-27)33-13-17-12-32-23(29-17)15-2-6-16(25)7-3-15;1-10(20-13(22)3-2-4-14(23)24)17(28)30-8-7-29-15(25)9-19-12(21)6-5-11(18)16(26)27;1-2/h2-9,12H,13H2,1H3,(H2,28,30);10-11H,2-9,18H2,1H3,(H,19,21)(H,20,22)(H,23,24)(H,26,27);1-2H3/t;10-,11-;/m.0./s1. The highest BCUT2D eigenvalue weighted by Crippen LogP contribution is 2.37. The molecule has 0 radical (unpaired) electrons. The van der Waals surface area contributed by atoms with Crippen molar-refractivity contribution in [3.8, 4) is 40.5 Å². The molecule has 2 amide bonds. The molecule has 0 aliphatic heterocycles. The second kappa shape index (κ2) is 28.5. The number of anilines is 1. The first kappa shape index (κ1) is 53.9. The van der Waals surface area contributed by atoms with Crippen LogP contribution < -0.4 is 26.8 Å². The minimum Gasteiger partial charge on any atom is -0.497 e. The third kappa shape index (κ3) is 18.6. The number of esters is 2. The van der Waals surface area contributed by atoms with Crippen molar-refractivity contribution in [2.24, 2.45) is 5.73 Å². The first-order chi connectivity index (χ1) is 31.1. The highest BCUT2D eigenvalue weighted by molar-refractivity contribution is 7.98. The van der Waals surface area contributed by atoms with E-state index in [1.54, 1.807) is 49.8 Å². The van der Waals surface area contributed by atoms with Gasteiger partial charge in [0, 0.05) is 41.2 Å². The number of carbonyl (C=O) groups excluding carboxylic acids is 4. The fourth-order valence-corrected chi connectivity index (χ4v) is 6.10. The summed E-state index contributed by atoms with van der Waals surface area (Å²) in [7, 11) is 1.57. The first-order valence-electron chi connectivity index (χ1n) is 19.8. The van der Waals surface area contributed by atoms with Crippen molar-refractivity contribution in [2.75, 3.05) is 32.6 Å². The highest BCUT2D eigenvalue weighted by atomic mass is 35.5. The number of carbonyl (C=O) groups is 6. The molecule has 0 saturated heterocycles. The first-order valence-corrected chi connectivity index (χ1v) is 21.1. The van der Waals surface area contributed by atoms with E-state index in [1.807, 2.05) is 26.0 Å². The molecule has 0 saturated carbocycles. The molecule has 2 aromatic heterocycles. The maximum Gasteiger partial charge on any atom is 0.328 e. The molecule has 4 rings (SSSR count). The number of benzene rings is 2. The van der Waals surface area contributed by atoms with E-state index in [9.17, 15) is 39.3 Å². The van der Waals surface area contributed by atoms with Gasteiger partial charge in [-0.05, 0) is 61.7 Å². The van der Waals surface area contributed by atoms with Crippen LogP contribution in [-0.2, 0) is 44.0 Å². The number of nitrogens with zero attached hydrogens (tertiary/aromatic N) is 4. The van der Waals surface area contributed by atoms with Crippen molar-refractivity contribution in [1.29, 1.82) is 10.5 Å². The van der Waals surface area contributed by atoms with E-state index in [2.05, 4.69) is 32.7 Å². The molecule has 0 unspecified atom stereocenters. The third-order valence-electron chi connectivity index (χ3n) is 8.34. The molecule has 2 heterocycles. The predicted octanol–water partition coefficient (Wildman–Crippen LogP) is 4.85. The number of ether oxygens (including phenoxy) is 3. The summed E-state index contributed by atoms with van der Waals surface area (Å²) in [6, 6.07) is 16.4. The molecule has 20 nitrogen and oxygen atoms in total. The minimum atomic E-state index is -1.23. The number of nitriles is 2. The highest BCUT2D eigenvalue weighted by Gasteiger charge is 2.22. The molecule has 2 atom stereocenters. The zero-order valence-corrected chi connectivity index (χ0v) is 37.5. The van der Waals surface area contributed by atoms with Crippen molar-refractivity contribution in [3.63, 3.8) is 0 Å². The second-order valence-corrected chi connectivity index (χ2v) is 14.4. The summed E-state index contributed by atoms with van der Waals surface area (Å²) in [6.45, 7) is 4.39. The molecule has 4 aromatic rings. The van der Waals surface area contributed by atoms with Gasteiger partial charge in [0.25, 0.3) is 0 Å². The van der Waals surface area contributed by atoms with Crippen LogP contribution in [0.15, 0.2) is 64.2 Å². The average molecular weight is 937 g/mol. The number of halogens is 1. The molecule has 346 valence electrons. The number of hydrogen-bond acceptors (Lipinski definition) is 17. The number of thioether (sulfide) groups is 1. The van der Waals surface area contributed by atoms with Crippen molar-refractivity contribution in [1.82, 2.24) is 20.6 Å². The predicted molar refractivity (Wildman–Crippen MR) is 237 cm³/mol. The van der Waals surface area contributed by atoms with Gasteiger partial charge < -0.3 is 50.9 Å². The Kier molecular flexibility index (Phi) is 23.6. The van der Waals surface area contributed by atoms with Gasteiger partial charge in [-0.3, -0.25) is 24.0 Å². The summed E-state index contributed by atoms with van der Waals surface area (Å²) in [6.07, 6.45) is 1.24. The largest absolute Gasteiger partial charge is 0.497 e. The van der Waals surface area contributed by atoms with E-state index in [-0.39, 0.29) is 62.3 Å². The van der Waals surface area contributed by atoms with Crippen LogP contribution in [-0.4, -0.2) is 94.8 Å². The zero-order valence-electron chi connectivity index (χ0n) is 35.9. The van der Waals surface area contributed by atoms with Crippen LogP contribution in [0.2, 0.25) is 5.02 Å². The number of pyridine rings is 1. The Morgan fingerprint density at radius 1 is 0.892 bits per heavy atom. The lowest BCUT2D eigenvalue weighted by Crippen LogP contribution is -2.40. The summed E-state index contributed by atoms with van der Waals surface area (Å²) < 4.78 is 20.4. The van der Waals surface area contributed by atoms with Gasteiger partial charge in [-0.15, -0.1) is 0 Å². The van der Waals surface area contributed by atoms with Crippen LogP contribution in [0.25, 0.3) is 22.6 Å². The Morgan fingerprint density at radius 3 is 2.12 bits per heavy atom. The zero-order chi connectivity index (χ0) is 48.5. The minimum absolute atomic E-state index is 0.0461. The number of rotatable bonds is 21. The summed E-state index contributed by atoms with van der Waals surface area (Å²) in [5.41, 5.74) is 14.4. The Morgan fingerprint density at radius 2 is 1.52 bits per heavy atom. The summed E-state index contributed by atoms with van der Waals surface area (Å²) in [5.74, 6) is -3.28. The van der Waals surface area contributed by atoms with Gasteiger partial charge >= 0.3 is 23.9 Å². The average Bonchev–Trinajstić information content (AvgIpc) is 3.77. The van der Waals surface area contributed by atoms with Crippen LogP contribution >= 0.6 is 23.4 Å². The monoisotopic (exact) mass is 936 g/mol. The molecule has 0 spiro atoms. The molecule has 65 heavy (non-hydrogen) atoms. The van der Waals surface area contributed by atoms with Crippen molar-refractivity contribution >= 4 is 64.9 Å². The Bertz CT molecular complexity index is 2330. The molecule has 0 aliphatic carbocycles. The number of oxazole rings is 1. The number of nitrogens with two attached hydrogens (primary N) is 2. The van der Waals surface area contributed by atoms with Crippen molar-refractivity contribution in [3.05, 3.63) is 76.6 Å². The van der Waals surface area contributed by atoms with Gasteiger partial charge in [0.15, 0.2) is 0 Å². The molecule has 0 aliphatic rings. The fourth-order valence-electron chi connectivity index (χ4n) is 5.11. The van der Waals surface area contributed by atoms with E-state index in [0.29, 0.717) is 44.3 Å². The van der Waals surface area contributed by atoms with E-state index >= 15 is 0 Å². The molecule has 0 bridgehead atoms. The summed E-state index contributed by atoms with van der Waals surface area (Å²) in [5, 5.41) is 42.3. The van der Waals surface area contributed by atoms with Gasteiger partial charge in [-0.25, -0.2) is 14.8 Å². The van der Waals surface area contributed by atoms with Crippen molar-refractivity contribution in [2.45, 2.75) is 75.7 Å². The molecular weight excluding hydrogens is 888 g/mol. The lowest BCUT2D eigenvalue weighted by Gasteiger charge is -2.13. The molecule has 8 N–H and O–H groups in total. The number of nitrogens with one attached hydrogen (secondary N) is 2. The maximum atomic E-state index is 11.7. The lowest BCUT2D eigenvalue weighted by atomic mass is 9.97. The number of carboxylic acids is 2. The maximum absolute atomic E-state index is 11.7. The Labute approximate surface area is 383 Å². The third-order valence-corrected chi connectivity index (χ3v) is 9.60. The van der Waals surface area contributed by atoms with Crippen LogP contribution in [0.4, 0.5) is 5.82 Å². The smallest absolute Gasteiger partial charge is 0.328 e. The van der Waals surface area contributed by atoms with Crippen LogP contribution in [0.5, 0.6) is 5.75 Å². The van der Waals surface area contributed by atoms with Gasteiger partial charge in [0.1, 0.15) is 72.4 Å². The number of methoxy groups -OCH3 is 1. The molecule has 2 aromatic carbocycles. The summed E-state index contributed by atoms with van der Waals surface area (Å²) >= 11 is 7.23. The van der Waals surface area contributed by atoms with Gasteiger partial charge in [0.2, 0.25) is 17.7 Å². The topological polar surface area (TPSA) is 333 Å². The van der Waals surface area contributed by atoms with Crippen LogP contribution in [0, 0.1) is 22.7 Å². The number of amides is 2. The number of hydrogen-bond donors (Lipinski definition) is 6. The number of aromatic nitrogens is 2. The molecule has 0 fully saturated rings. The van der Waals surface area contributed by atoms with Crippen LogP contribution in [0.1, 0.15) is 69.7 Å². The number of aliphatic carboxylic acids is 2. The van der Waals surface area contributed by atoms with E-state index in [4.69, 9.17) is 51.9 Å². The van der Waals surface area contributed by atoms with Crippen molar-refractivity contribution < 1.29 is 57.6 Å². The fraction of sp³-hybridized carbons (Fsp3) is 0.349. The van der Waals surface area contributed by atoms with Gasteiger partial charge in [0.05, 0.1) is 18.4 Å². The summed E-state index contributed by atoms with van der Waals surface area (Å²) in [4.78, 5) is 75.9. The van der Waals surface area contributed by atoms with Crippen LogP contribution in [0.3, 0.4) is 0 Å². The SMILES string of the molecule is CC.COc1ccc(-c2c(C#N)c(N)nc(SCc3coc(-c4ccc(Cl)cc4)n3)c2C#N)cc1.C[C@H](NC(=O)CCCC(=O)O)C(=O)OCCOC(=O)CNC(=O)CC[C@H](N)C(=O)O. The molecular formula is C43H49ClN8O12S. The Balaban J connectivity index is 0.000000433. The lowest BCUT2D eigenvalue weighted by molar-refractivity contribution is -0.153. The number of carboxylic acid groups (broad SMARTS) is 2.